The van der Waals surface area contributed by atoms with Gasteiger partial charge in [0.15, 0.2) is 11.5 Å². The first-order valence-corrected chi connectivity index (χ1v) is 11.5. The Kier molecular flexibility index (Phi) is 7.98. The number of ether oxygens (including phenoxy) is 1. The number of amides is 1. The van der Waals surface area contributed by atoms with E-state index in [-0.39, 0.29) is 28.4 Å². The molecule has 1 saturated carbocycles. The molecule has 0 aromatic heterocycles. The highest BCUT2D eigenvalue weighted by atomic mass is 79.9. The van der Waals surface area contributed by atoms with Crippen LogP contribution in [0.1, 0.15) is 28.8 Å². The smallest absolute Gasteiger partial charge is 0.251 e. The molecule has 3 N–H and O–H groups in total. The van der Waals surface area contributed by atoms with Crippen molar-refractivity contribution in [3.63, 3.8) is 0 Å². The molecular formula is C22H26Br2N2O3. The number of aromatic hydroxyl groups is 1. The maximum Gasteiger partial charge on any atom is 0.251 e. The van der Waals surface area contributed by atoms with Crippen LogP contribution in [0.5, 0.6) is 11.5 Å². The Bertz CT molecular complexity index is 819. The molecule has 1 aliphatic rings. The average Bonchev–Trinajstić information content (AvgIpc) is 2.71. The van der Waals surface area contributed by atoms with E-state index in [2.05, 4.69) is 54.6 Å². The van der Waals surface area contributed by atoms with Crippen molar-refractivity contribution in [2.75, 3.05) is 13.7 Å². The van der Waals surface area contributed by atoms with Crippen molar-refractivity contribution >= 4 is 37.8 Å². The summed E-state index contributed by atoms with van der Waals surface area (Å²) in [6.07, 6.45) is 1.92. The number of carbonyl (C=O) groups is 1. The van der Waals surface area contributed by atoms with E-state index in [9.17, 15) is 9.90 Å². The number of methoxy groups -OCH3 is 1. The second-order valence-electron chi connectivity index (χ2n) is 7.35. The van der Waals surface area contributed by atoms with Crippen molar-refractivity contribution in [1.82, 2.24) is 10.6 Å². The van der Waals surface area contributed by atoms with Crippen molar-refractivity contribution in [3.05, 3.63) is 59.7 Å². The molecule has 0 radical (unpaired) electrons. The van der Waals surface area contributed by atoms with E-state index in [4.69, 9.17) is 4.74 Å². The number of nitrogens with one attached hydrogen (secondary N) is 2. The summed E-state index contributed by atoms with van der Waals surface area (Å²) in [6, 6.07) is 14.9. The first kappa shape index (κ1) is 22.1. The third-order valence-electron chi connectivity index (χ3n) is 5.26. The molecule has 1 amide bonds. The Morgan fingerprint density at radius 1 is 1.17 bits per heavy atom. The van der Waals surface area contributed by atoms with Gasteiger partial charge in [-0.25, -0.2) is 0 Å². The average molecular weight is 526 g/mol. The number of hydrogen-bond acceptors (Lipinski definition) is 4. The fraction of sp³-hybridized carbons (Fsp3) is 0.409. The zero-order valence-electron chi connectivity index (χ0n) is 16.3. The zero-order chi connectivity index (χ0) is 20.8. The summed E-state index contributed by atoms with van der Waals surface area (Å²) in [6.45, 7) is 1.61. The van der Waals surface area contributed by atoms with Crippen LogP contribution in [0.3, 0.4) is 0 Å². The lowest BCUT2D eigenvalue weighted by Gasteiger charge is -2.38. The predicted octanol–water partition coefficient (Wildman–Crippen LogP) is 4.23. The van der Waals surface area contributed by atoms with Gasteiger partial charge in [0.2, 0.25) is 0 Å². The van der Waals surface area contributed by atoms with E-state index in [0.717, 1.165) is 25.9 Å². The van der Waals surface area contributed by atoms with Crippen molar-refractivity contribution in [3.8, 4) is 11.5 Å². The van der Waals surface area contributed by atoms with E-state index >= 15 is 0 Å². The van der Waals surface area contributed by atoms with E-state index in [1.165, 1.54) is 18.7 Å². The first-order valence-electron chi connectivity index (χ1n) is 9.68. The van der Waals surface area contributed by atoms with Gasteiger partial charge in [-0.2, -0.15) is 0 Å². The standard InChI is InChI=1S/C22H26Br2N2O3/c1-29-20-10-15(7-8-19(20)27)22(28)26-21-16(9-17(23)11-18(21)24)13-25-12-14-5-3-2-4-6-14/h2-8,10,16-18,21,25,27H,9,11-13H2,1H3,(H,26,28). The second kappa shape index (κ2) is 10.5. The number of carbonyl (C=O) groups excluding carboxylic acids is 1. The summed E-state index contributed by atoms with van der Waals surface area (Å²) in [4.78, 5) is 13.4. The fourth-order valence-corrected chi connectivity index (χ4v) is 6.13. The van der Waals surface area contributed by atoms with Crippen LogP contribution in [0.2, 0.25) is 0 Å². The van der Waals surface area contributed by atoms with Gasteiger partial charge in [-0.15, -0.1) is 0 Å². The van der Waals surface area contributed by atoms with Gasteiger partial charge in [-0.1, -0.05) is 62.2 Å². The maximum atomic E-state index is 12.9. The summed E-state index contributed by atoms with van der Waals surface area (Å²) in [7, 11) is 1.47. The van der Waals surface area contributed by atoms with Crippen LogP contribution in [0.25, 0.3) is 0 Å². The number of phenolic OH excluding ortho intramolecular Hbond substituents is 1. The Hall–Kier alpha value is -1.57. The Labute approximate surface area is 188 Å². The molecule has 7 heteroatoms. The van der Waals surface area contributed by atoms with Crippen molar-refractivity contribution in [1.29, 1.82) is 0 Å². The lowest BCUT2D eigenvalue weighted by molar-refractivity contribution is 0.0910. The highest BCUT2D eigenvalue weighted by molar-refractivity contribution is 9.10. The third kappa shape index (κ3) is 5.96. The Balaban J connectivity index is 1.66. The van der Waals surface area contributed by atoms with E-state index in [1.807, 2.05) is 18.2 Å². The number of hydrogen-bond donors (Lipinski definition) is 3. The van der Waals surface area contributed by atoms with E-state index in [1.54, 1.807) is 12.1 Å². The van der Waals surface area contributed by atoms with Gasteiger partial charge in [0.25, 0.3) is 5.91 Å². The molecule has 1 aliphatic carbocycles. The fourth-order valence-electron chi connectivity index (χ4n) is 3.73. The zero-order valence-corrected chi connectivity index (χ0v) is 19.4. The number of halogens is 2. The summed E-state index contributed by atoms with van der Waals surface area (Å²) in [5.74, 6) is 0.423. The number of benzene rings is 2. The van der Waals surface area contributed by atoms with Gasteiger partial charge in [-0.05, 0) is 42.5 Å². The molecule has 3 rings (SSSR count). The molecule has 2 aromatic carbocycles. The summed E-state index contributed by atoms with van der Waals surface area (Å²) >= 11 is 7.53. The van der Waals surface area contributed by atoms with E-state index < -0.39 is 0 Å². The molecule has 156 valence electrons. The van der Waals surface area contributed by atoms with Crippen LogP contribution in [-0.4, -0.2) is 40.4 Å². The van der Waals surface area contributed by atoms with Crippen molar-refractivity contribution in [2.45, 2.75) is 35.1 Å². The maximum absolute atomic E-state index is 12.9. The molecule has 0 saturated heterocycles. The SMILES string of the molecule is COc1cc(C(=O)NC2C(Br)CC(Br)CC2CNCc2ccccc2)ccc1O. The quantitative estimate of drug-likeness (QED) is 0.473. The summed E-state index contributed by atoms with van der Waals surface area (Å²) in [5, 5.41) is 16.5. The third-order valence-corrected chi connectivity index (χ3v) is 6.95. The number of phenols is 1. The largest absolute Gasteiger partial charge is 0.504 e. The van der Waals surface area contributed by atoms with Gasteiger partial charge in [0.1, 0.15) is 0 Å². The molecule has 1 fully saturated rings. The van der Waals surface area contributed by atoms with Crippen LogP contribution >= 0.6 is 31.9 Å². The molecule has 0 aliphatic heterocycles. The predicted molar refractivity (Wildman–Crippen MR) is 122 cm³/mol. The monoisotopic (exact) mass is 524 g/mol. The molecule has 0 heterocycles. The molecular weight excluding hydrogens is 500 g/mol. The molecule has 2 aromatic rings. The summed E-state index contributed by atoms with van der Waals surface area (Å²) in [5.41, 5.74) is 1.71. The van der Waals surface area contributed by atoms with Gasteiger partial charge >= 0.3 is 0 Å². The van der Waals surface area contributed by atoms with Gasteiger partial charge in [0.05, 0.1) is 7.11 Å². The molecule has 4 unspecified atom stereocenters. The van der Waals surface area contributed by atoms with Gasteiger partial charge in [-0.3, -0.25) is 4.79 Å². The molecule has 4 atom stereocenters. The molecule has 0 spiro atoms. The minimum Gasteiger partial charge on any atom is -0.504 e. The van der Waals surface area contributed by atoms with E-state index in [0.29, 0.717) is 16.1 Å². The van der Waals surface area contributed by atoms with Gasteiger partial charge < -0.3 is 20.5 Å². The second-order valence-corrected chi connectivity index (χ2v) is 9.82. The lowest BCUT2D eigenvalue weighted by Crippen LogP contribution is -2.52. The van der Waals surface area contributed by atoms with Gasteiger partial charge in [0, 0.05) is 34.3 Å². The van der Waals surface area contributed by atoms with Crippen LogP contribution < -0.4 is 15.4 Å². The Morgan fingerprint density at radius 3 is 2.66 bits per heavy atom. The molecule has 0 bridgehead atoms. The highest BCUT2D eigenvalue weighted by Crippen LogP contribution is 2.34. The van der Waals surface area contributed by atoms with Crippen LogP contribution in [0, 0.1) is 5.92 Å². The van der Waals surface area contributed by atoms with Crippen molar-refractivity contribution < 1.29 is 14.6 Å². The minimum atomic E-state index is -0.168. The summed E-state index contributed by atoms with van der Waals surface area (Å²) < 4.78 is 5.12. The number of rotatable bonds is 7. The minimum absolute atomic E-state index is 0.000582. The topological polar surface area (TPSA) is 70.6 Å². The number of alkyl halides is 2. The van der Waals surface area contributed by atoms with Crippen LogP contribution in [0.15, 0.2) is 48.5 Å². The molecule has 29 heavy (non-hydrogen) atoms. The molecule has 5 nitrogen and oxygen atoms in total. The van der Waals surface area contributed by atoms with Crippen LogP contribution in [-0.2, 0) is 6.54 Å². The highest BCUT2D eigenvalue weighted by Gasteiger charge is 2.36. The Morgan fingerprint density at radius 2 is 1.93 bits per heavy atom. The van der Waals surface area contributed by atoms with Crippen molar-refractivity contribution in [2.24, 2.45) is 5.92 Å². The van der Waals surface area contributed by atoms with Crippen LogP contribution in [0.4, 0.5) is 0 Å². The normalized spacial score (nSPS) is 24.1. The first-order chi connectivity index (χ1) is 14.0. The lowest BCUT2D eigenvalue weighted by atomic mass is 9.84.